The molecule has 1 heterocycles. The number of carbonyl (C=O) groups excluding carboxylic acids is 1. The van der Waals surface area contributed by atoms with E-state index in [4.69, 9.17) is 4.74 Å². The van der Waals surface area contributed by atoms with E-state index in [2.05, 4.69) is 30.1 Å². The van der Waals surface area contributed by atoms with Gasteiger partial charge in [0.25, 0.3) is 0 Å². The quantitative estimate of drug-likeness (QED) is 0.827. The molecule has 1 aliphatic heterocycles. The number of nitrogens with one attached hydrogen (secondary N) is 1. The van der Waals surface area contributed by atoms with Gasteiger partial charge in [-0.25, -0.2) is 4.79 Å². The molecule has 0 amide bonds. The fourth-order valence-electron chi connectivity index (χ4n) is 2.47. The highest BCUT2D eigenvalue weighted by Crippen LogP contribution is 2.20. The largest absolute Gasteiger partial charge is 0.465 e. The molecule has 104 valence electrons. The van der Waals surface area contributed by atoms with Crippen LogP contribution in [0.25, 0.3) is 0 Å². The molecule has 1 N–H and O–H groups in total. The molecule has 1 fully saturated rings. The predicted molar refractivity (Wildman–Crippen MR) is 76.6 cm³/mol. The first-order valence-electron chi connectivity index (χ1n) is 6.77. The molecule has 0 aromatic heterocycles. The highest BCUT2D eigenvalue weighted by molar-refractivity contribution is 5.90. The van der Waals surface area contributed by atoms with Gasteiger partial charge in [-0.2, -0.15) is 0 Å². The molecule has 1 aromatic rings. The minimum absolute atomic E-state index is 0.282. The average molecular weight is 262 g/mol. The zero-order chi connectivity index (χ0) is 13.8. The molecule has 2 rings (SSSR count). The van der Waals surface area contributed by atoms with Crippen LogP contribution in [0.3, 0.4) is 0 Å². The Labute approximate surface area is 114 Å². The zero-order valence-electron chi connectivity index (χ0n) is 11.8. The molecular formula is C15H22N2O2. The first kappa shape index (κ1) is 13.9. The van der Waals surface area contributed by atoms with E-state index in [1.54, 1.807) is 6.07 Å². The number of esters is 1. The Hall–Kier alpha value is -1.55. The lowest BCUT2D eigenvalue weighted by Gasteiger charge is -2.26. The summed E-state index contributed by atoms with van der Waals surface area (Å²) in [6, 6.07) is 8.12. The molecule has 1 aliphatic rings. The van der Waals surface area contributed by atoms with Gasteiger partial charge in [0.15, 0.2) is 0 Å². The van der Waals surface area contributed by atoms with Crippen LogP contribution in [0.5, 0.6) is 0 Å². The second-order valence-electron chi connectivity index (χ2n) is 5.36. The Bertz CT molecular complexity index is 436. The molecule has 0 radical (unpaired) electrons. The van der Waals surface area contributed by atoms with Crippen LogP contribution in [0.4, 0.5) is 5.69 Å². The monoisotopic (exact) mass is 262 g/mol. The van der Waals surface area contributed by atoms with Crippen molar-refractivity contribution in [3.8, 4) is 0 Å². The number of nitrogens with zero attached hydrogens (tertiary/aromatic N) is 1. The molecular weight excluding hydrogens is 240 g/mol. The lowest BCUT2D eigenvalue weighted by Crippen LogP contribution is -2.35. The summed E-state index contributed by atoms with van der Waals surface area (Å²) in [6.07, 6.45) is 0. The highest BCUT2D eigenvalue weighted by atomic mass is 16.5. The van der Waals surface area contributed by atoms with Gasteiger partial charge >= 0.3 is 5.97 Å². The minimum atomic E-state index is -0.282. The molecule has 0 aliphatic carbocycles. The number of rotatable bonds is 2. The van der Waals surface area contributed by atoms with Gasteiger partial charge in [-0.3, -0.25) is 0 Å². The van der Waals surface area contributed by atoms with Crippen molar-refractivity contribution in [2.24, 2.45) is 5.92 Å². The third-order valence-corrected chi connectivity index (χ3v) is 3.47. The van der Waals surface area contributed by atoms with E-state index < -0.39 is 0 Å². The normalized spacial score (nSPS) is 23.8. The van der Waals surface area contributed by atoms with Crippen LogP contribution in [0, 0.1) is 5.92 Å². The standard InChI is InChI=1S/C15H22N2O2/c1-11-8-16-12(2)10-17(9-11)14-6-4-5-13(7-14)15(18)19-3/h4-7,11-12,16H,8-10H2,1-3H3. The number of methoxy groups -OCH3 is 1. The first-order valence-corrected chi connectivity index (χ1v) is 6.77. The summed E-state index contributed by atoms with van der Waals surface area (Å²) in [5.74, 6) is 0.308. The van der Waals surface area contributed by atoms with Crippen molar-refractivity contribution in [3.63, 3.8) is 0 Å². The van der Waals surface area contributed by atoms with E-state index in [1.807, 2.05) is 12.1 Å². The van der Waals surface area contributed by atoms with E-state index in [0.717, 1.165) is 25.3 Å². The SMILES string of the molecule is COC(=O)c1cccc(N2CC(C)CNC(C)C2)c1. The zero-order valence-corrected chi connectivity index (χ0v) is 11.8. The second-order valence-corrected chi connectivity index (χ2v) is 5.36. The van der Waals surface area contributed by atoms with Crippen LogP contribution < -0.4 is 10.2 Å². The fraction of sp³-hybridized carbons (Fsp3) is 0.533. The van der Waals surface area contributed by atoms with Crippen molar-refractivity contribution in [2.75, 3.05) is 31.6 Å². The molecule has 1 aromatic carbocycles. The summed E-state index contributed by atoms with van der Waals surface area (Å²) in [6.45, 7) is 7.42. The van der Waals surface area contributed by atoms with E-state index in [9.17, 15) is 4.79 Å². The molecule has 4 heteroatoms. The summed E-state index contributed by atoms with van der Waals surface area (Å²) in [4.78, 5) is 13.9. The van der Waals surface area contributed by atoms with Gasteiger partial charge in [0.1, 0.15) is 0 Å². The Kier molecular flexibility index (Phi) is 4.43. The Morgan fingerprint density at radius 1 is 1.37 bits per heavy atom. The van der Waals surface area contributed by atoms with E-state index in [-0.39, 0.29) is 5.97 Å². The summed E-state index contributed by atoms with van der Waals surface area (Å²) in [5.41, 5.74) is 1.70. The molecule has 19 heavy (non-hydrogen) atoms. The van der Waals surface area contributed by atoms with Gasteiger partial charge < -0.3 is 15.0 Å². The Morgan fingerprint density at radius 3 is 2.89 bits per heavy atom. The van der Waals surface area contributed by atoms with Crippen molar-refractivity contribution in [1.29, 1.82) is 0 Å². The molecule has 2 unspecified atom stereocenters. The van der Waals surface area contributed by atoms with E-state index >= 15 is 0 Å². The van der Waals surface area contributed by atoms with Gasteiger partial charge in [0, 0.05) is 24.8 Å². The molecule has 4 nitrogen and oxygen atoms in total. The minimum Gasteiger partial charge on any atom is -0.465 e. The topological polar surface area (TPSA) is 41.6 Å². The van der Waals surface area contributed by atoms with Crippen molar-refractivity contribution in [2.45, 2.75) is 19.9 Å². The summed E-state index contributed by atoms with van der Waals surface area (Å²) in [7, 11) is 1.41. The molecule has 1 saturated heterocycles. The Morgan fingerprint density at radius 2 is 2.16 bits per heavy atom. The molecule has 0 spiro atoms. The van der Waals surface area contributed by atoms with Crippen LogP contribution in [-0.2, 0) is 4.74 Å². The average Bonchev–Trinajstić information content (AvgIpc) is 2.60. The van der Waals surface area contributed by atoms with Crippen molar-refractivity contribution < 1.29 is 9.53 Å². The third kappa shape index (κ3) is 3.47. The summed E-state index contributed by atoms with van der Waals surface area (Å²) < 4.78 is 4.78. The number of anilines is 1. The van der Waals surface area contributed by atoms with Crippen molar-refractivity contribution >= 4 is 11.7 Å². The molecule has 2 atom stereocenters. The number of hydrogen-bond donors (Lipinski definition) is 1. The van der Waals surface area contributed by atoms with Crippen LogP contribution >= 0.6 is 0 Å². The smallest absolute Gasteiger partial charge is 0.337 e. The third-order valence-electron chi connectivity index (χ3n) is 3.47. The maximum absolute atomic E-state index is 11.6. The predicted octanol–water partition coefficient (Wildman–Crippen LogP) is 1.91. The summed E-state index contributed by atoms with van der Waals surface area (Å²) in [5, 5.41) is 3.51. The van der Waals surface area contributed by atoms with E-state index in [0.29, 0.717) is 17.5 Å². The highest BCUT2D eigenvalue weighted by Gasteiger charge is 2.19. The Balaban J connectivity index is 2.22. The van der Waals surface area contributed by atoms with E-state index in [1.165, 1.54) is 7.11 Å². The lowest BCUT2D eigenvalue weighted by atomic mass is 10.1. The number of benzene rings is 1. The lowest BCUT2D eigenvalue weighted by molar-refractivity contribution is 0.0601. The number of ether oxygens (including phenoxy) is 1. The van der Waals surface area contributed by atoms with Crippen LogP contribution in [-0.4, -0.2) is 38.8 Å². The maximum atomic E-state index is 11.6. The van der Waals surface area contributed by atoms with Gasteiger partial charge in [0.05, 0.1) is 12.7 Å². The fourth-order valence-corrected chi connectivity index (χ4v) is 2.47. The van der Waals surface area contributed by atoms with Crippen LogP contribution in [0.15, 0.2) is 24.3 Å². The van der Waals surface area contributed by atoms with Crippen LogP contribution in [0.2, 0.25) is 0 Å². The van der Waals surface area contributed by atoms with Crippen molar-refractivity contribution in [3.05, 3.63) is 29.8 Å². The van der Waals surface area contributed by atoms with Gasteiger partial charge in [-0.1, -0.05) is 13.0 Å². The van der Waals surface area contributed by atoms with Crippen LogP contribution in [0.1, 0.15) is 24.2 Å². The maximum Gasteiger partial charge on any atom is 0.337 e. The van der Waals surface area contributed by atoms with Gasteiger partial charge in [0.2, 0.25) is 0 Å². The first-order chi connectivity index (χ1) is 9.10. The van der Waals surface area contributed by atoms with Crippen molar-refractivity contribution in [1.82, 2.24) is 5.32 Å². The van der Waals surface area contributed by atoms with Gasteiger partial charge in [-0.15, -0.1) is 0 Å². The molecule has 0 bridgehead atoms. The number of hydrogen-bond acceptors (Lipinski definition) is 4. The van der Waals surface area contributed by atoms with Gasteiger partial charge in [-0.05, 0) is 37.6 Å². The summed E-state index contributed by atoms with van der Waals surface area (Å²) >= 11 is 0. The molecule has 0 saturated carbocycles. The second kappa shape index (κ2) is 6.06. The number of carbonyl (C=O) groups is 1.